The highest BCUT2D eigenvalue weighted by molar-refractivity contribution is 5.50. The average Bonchev–Trinajstić information content (AvgIpc) is 2.46. The van der Waals surface area contributed by atoms with Gasteiger partial charge in [-0.15, -0.1) is 0 Å². The molecule has 0 aromatic heterocycles. The maximum Gasteiger partial charge on any atom is 0.0835 e. The van der Waals surface area contributed by atoms with Gasteiger partial charge in [0.15, 0.2) is 0 Å². The van der Waals surface area contributed by atoms with Crippen LogP contribution in [0.2, 0.25) is 0 Å². The molecule has 4 N–H and O–H groups in total. The number of rotatable bonds is 8. The first-order valence-corrected chi connectivity index (χ1v) is 8.17. The predicted octanol–water partition coefficient (Wildman–Crippen LogP) is 4.21. The third-order valence-electron chi connectivity index (χ3n) is 4.34. The Balaban J connectivity index is 2.98. The molecule has 1 rings (SSSR count). The molecule has 0 fully saturated rings. The van der Waals surface area contributed by atoms with Crippen molar-refractivity contribution in [3.8, 4) is 0 Å². The van der Waals surface area contributed by atoms with E-state index in [0.717, 1.165) is 36.8 Å². The Bertz CT molecular complexity index is 433. The molecule has 21 heavy (non-hydrogen) atoms. The highest BCUT2D eigenvalue weighted by Crippen LogP contribution is 2.33. The molecule has 0 spiro atoms. The minimum atomic E-state index is -0.571. The van der Waals surface area contributed by atoms with Gasteiger partial charge in [0.1, 0.15) is 0 Å². The van der Waals surface area contributed by atoms with Crippen LogP contribution in [-0.2, 0) is 0 Å². The third kappa shape index (κ3) is 4.72. The molecular formula is C18H31NO2. The lowest BCUT2D eigenvalue weighted by molar-refractivity contribution is 0.106. The SMILES string of the molecule is CCCC(C)C(O)c1ccc(N)c(C(O)C(C)CCC)c1. The van der Waals surface area contributed by atoms with Gasteiger partial charge in [0.2, 0.25) is 0 Å². The second-order valence-electron chi connectivity index (χ2n) is 6.31. The molecular weight excluding hydrogens is 262 g/mol. The minimum absolute atomic E-state index is 0.165. The van der Waals surface area contributed by atoms with Crippen LogP contribution in [0.1, 0.15) is 76.7 Å². The molecule has 4 atom stereocenters. The molecule has 0 radical (unpaired) electrons. The van der Waals surface area contributed by atoms with Gasteiger partial charge in [0.05, 0.1) is 12.2 Å². The Morgan fingerprint density at radius 1 is 0.952 bits per heavy atom. The molecule has 0 heterocycles. The largest absolute Gasteiger partial charge is 0.398 e. The first kappa shape index (κ1) is 18.0. The summed E-state index contributed by atoms with van der Waals surface area (Å²) in [6, 6.07) is 5.55. The maximum absolute atomic E-state index is 10.5. The smallest absolute Gasteiger partial charge is 0.0835 e. The molecule has 4 unspecified atom stereocenters. The summed E-state index contributed by atoms with van der Waals surface area (Å²) in [6.45, 7) is 8.32. The summed E-state index contributed by atoms with van der Waals surface area (Å²) in [6.07, 6.45) is 2.95. The van der Waals surface area contributed by atoms with E-state index < -0.39 is 12.2 Å². The second kappa shape index (κ2) is 8.40. The minimum Gasteiger partial charge on any atom is -0.398 e. The molecule has 0 amide bonds. The fourth-order valence-electron chi connectivity index (χ4n) is 2.89. The summed E-state index contributed by atoms with van der Waals surface area (Å²) < 4.78 is 0. The fraction of sp³-hybridized carbons (Fsp3) is 0.667. The zero-order valence-corrected chi connectivity index (χ0v) is 13.8. The number of anilines is 1. The third-order valence-corrected chi connectivity index (χ3v) is 4.34. The molecule has 3 heteroatoms. The molecule has 120 valence electrons. The summed E-state index contributed by atoms with van der Waals surface area (Å²) in [4.78, 5) is 0. The Morgan fingerprint density at radius 2 is 1.48 bits per heavy atom. The Morgan fingerprint density at radius 3 is 2.00 bits per heavy atom. The van der Waals surface area contributed by atoms with Crippen molar-refractivity contribution >= 4 is 5.69 Å². The van der Waals surface area contributed by atoms with Crippen LogP contribution in [0.4, 0.5) is 5.69 Å². The van der Waals surface area contributed by atoms with E-state index in [0.29, 0.717) is 5.69 Å². The number of aliphatic hydroxyl groups is 2. The van der Waals surface area contributed by atoms with Crippen molar-refractivity contribution in [1.29, 1.82) is 0 Å². The Labute approximate surface area is 129 Å². The van der Waals surface area contributed by atoms with Gasteiger partial charge in [0.25, 0.3) is 0 Å². The zero-order valence-electron chi connectivity index (χ0n) is 13.8. The van der Waals surface area contributed by atoms with Crippen molar-refractivity contribution in [2.75, 3.05) is 5.73 Å². The van der Waals surface area contributed by atoms with E-state index in [1.807, 2.05) is 19.1 Å². The van der Waals surface area contributed by atoms with Gasteiger partial charge in [-0.25, -0.2) is 0 Å². The number of nitrogen functional groups attached to an aromatic ring is 1. The van der Waals surface area contributed by atoms with Crippen molar-refractivity contribution in [2.24, 2.45) is 11.8 Å². The van der Waals surface area contributed by atoms with Gasteiger partial charge in [0, 0.05) is 11.3 Å². The van der Waals surface area contributed by atoms with E-state index in [-0.39, 0.29) is 11.8 Å². The topological polar surface area (TPSA) is 66.5 Å². The van der Waals surface area contributed by atoms with Gasteiger partial charge in [-0.2, -0.15) is 0 Å². The second-order valence-corrected chi connectivity index (χ2v) is 6.31. The molecule has 0 aliphatic rings. The lowest BCUT2D eigenvalue weighted by atomic mass is 9.88. The Hall–Kier alpha value is -1.06. The summed E-state index contributed by atoms with van der Waals surface area (Å²) >= 11 is 0. The van der Waals surface area contributed by atoms with Crippen LogP contribution < -0.4 is 5.73 Å². The van der Waals surface area contributed by atoms with E-state index in [1.165, 1.54) is 0 Å². The summed E-state index contributed by atoms with van der Waals surface area (Å²) in [5.74, 6) is 0.370. The summed E-state index contributed by atoms with van der Waals surface area (Å²) in [7, 11) is 0. The number of hydrogen-bond donors (Lipinski definition) is 3. The first-order chi connectivity index (χ1) is 9.92. The quantitative estimate of drug-likeness (QED) is 0.629. The van der Waals surface area contributed by atoms with E-state index in [2.05, 4.69) is 20.8 Å². The molecule has 1 aromatic rings. The fourth-order valence-corrected chi connectivity index (χ4v) is 2.89. The molecule has 0 saturated carbocycles. The monoisotopic (exact) mass is 293 g/mol. The van der Waals surface area contributed by atoms with Gasteiger partial charge in [-0.05, 0) is 42.4 Å². The number of hydrogen-bond acceptors (Lipinski definition) is 3. The zero-order chi connectivity index (χ0) is 16.0. The molecule has 0 aliphatic carbocycles. The summed E-state index contributed by atoms with van der Waals surface area (Å²) in [5, 5.41) is 20.9. The van der Waals surface area contributed by atoms with E-state index in [1.54, 1.807) is 6.07 Å². The van der Waals surface area contributed by atoms with Crippen LogP contribution in [0, 0.1) is 11.8 Å². The van der Waals surface area contributed by atoms with Crippen molar-refractivity contribution in [3.05, 3.63) is 29.3 Å². The maximum atomic E-state index is 10.5. The average molecular weight is 293 g/mol. The van der Waals surface area contributed by atoms with E-state index in [4.69, 9.17) is 5.73 Å². The highest BCUT2D eigenvalue weighted by Gasteiger charge is 2.21. The molecule has 1 aromatic carbocycles. The van der Waals surface area contributed by atoms with Crippen LogP contribution >= 0.6 is 0 Å². The molecule has 0 aliphatic heterocycles. The number of aliphatic hydroxyl groups excluding tert-OH is 2. The van der Waals surface area contributed by atoms with Crippen molar-refractivity contribution < 1.29 is 10.2 Å². The predicted molar refractivity (Wildman–Crippen MR) is 88.9 cm³/mol. The molecule has 0 bridgehead atoms. The lowest BCUT2D eigenvalue weighted by Gasteiger charge is -2.23. The molecule has 3 nitrogen and oxygen atoms in total. The van der Waals surface area contributed by atoms with Gasteiger partial charge < -0.3 is 15.9 Å². The molecule has 0 saturated heterocycles. The van der Waals surface area contributed by atoms with Gasteiger partial charge >= 0.3 is 0 Å². The van der Waals surface area contributed by atoms with Crippen LogP contribution in [0.15, 0.2) is 18.2 Å². The Kier molecular flexibility index (Phi) is 7.20. The van der Waals surface area contributed by atoms with E-state index >= 15 is 0 Å². The summed E-state index contributed by atoms with van der Waals surface area (Å²) in [5.41, 5.74) is 8.22. The van der Waals surface area contributed by atoms with Crippen molar-refractivity contribution in [1.82, 2.24) is 0 Å². The van der Waals surface area contributed by atoms with E-state index in [9.17, 15) is 10.2 Å². The van der Waals surface area contributed by atoms with Gasteiger partial charge in [-0.3, -0.25) is 0 Å². The first-order valence-electron chi connectivity index (χ1n) is 8.17. The van der Waals surface area contributed by atoms with Crippen LogP contribution in [0.25, 0.3) is 0 Å². The van der Waals surface area contributed by atoms with Crippen molar-refractivity contribution in [2.45, 2.75) is 65.6 Å². The number of benzene rings is 1. The number of nitrogens with two attached hydrogens (primary N) is 1. The van der Waals surface area contributed by atoms with Gasteiger partial charge in [-0.1, -0.05) is 46.6 Å². The normalized spacial score (nSPS) is 17.2. The van der Waals surface area contributed by atoms with Crippen molar-refractivity contribution in [3.63, 3.8) is 0 Å². The standard InChI is InChI=1S/C18H31NO2/c1-5-7-12(3)17(20)14-9-10-16(19)15(11-14)18(21)13(4)8-6-2/h9-13,17-18,20-21H,5-8,19H2,1-4H3. The lowest BCUT2D eigenvalue weighted by Crippen LogP contribution is -2.14. The van der Waals surface area contributed by atoms with Crippen LogP contribution in [0.3, 0.4) is 0 Å². The van der Waals surface area contributed by atoms with Crippen LogP contribution in [-0.4, -0.2) is 10.2 Å². The van der Waals surface area contributed by atoms with Crippen LogP contribution in [0.5, 0.6) is 0 Å². The highest BCUT2D eigenvalue weighted by atomic mass is 16.3.